The van der Waals surface area contributed by atoms with Crippen molar-refractivity contribution < 1.29 is 9.34 Å². The molecule has 0 aliphatic rings. The maximum atomic E-state index is 10.8. The summed E-state index contributed by atoms with van der Waals surface area (Å²) in [4.78, 5) is 20.1. The van der Waals surface area contributed by atoms with Crippen LogP contribution in [0.1, 0.15) is 5.69 Å². The smallest absolute Gasteiger partial charge is 0.271 e. The molecule has 23 heavy (non-hydrogen) atoms. The molecular weight excluding hydrogens is 404 g/mol. The number of rotatable bonds is 4. The standard InChI is InChI=1S/C13H7BrN4O3S2/c14-11-9(15-12-17(11)3-4-22-12)6-23-13-16-8-5-7(18(19)20)1-2-10(8)21-13/h1-5H,6H2. The van der Waals surface area contributed by atoms with Gasteiger partial charge < -0.3 is 4.42 Å². The highest BCUT2D eigenvalue weighted by Crippen LogP contribution is 2.31. The summed E-state index contributed by atoms with van der Waals surface area (Å²) in [6.07, 6.45) is 1.95. The third-order valence-electron chi connectivity index (χ3n) is 3.16. The quantitative estimate of drug-likeness (QED) is 0.279. The van der Waals surface area contributed by atoms with Crippen LogP contribution >= 0.6 is 39.0 Å². The first kappa shape index (κ1) is 14.7. The fourth-order valence-electron chi connectivity index (χ4n) is 2.09. The van der Waals surface area contributed by atoms with E-state index >= 15 is 0 Å². The molecule has 4 rings (SSSR count). The number of aromatic nitrogens is 3. The van der Waals surface area contributed by atoms with E-state index in [1.165, 1.54) is 23.9 Å². The van der Waals surface area contributed by atoms with Crippen molar-refractivity contribution in [3.05, 3.63) is 50.2 Å². The van der Waals surface area contributed by atoms with Gasteiger partial charge in [-0.3, -0.25) is 14.5 Å². The predicted molar refractivity (Wildman–Crippen MR) is 91.0 cm³/mol. The molecule has 7 nitrogen and oxygen atoms in total. The molecule has 0 aliphatic heterocycles. The van der Waals surface area contributed by atoms with Gasteiger partial charge in [-0.1, -0.05) is 11.8 Å². The van der Waals surface area contributed by atoms with Crippen molar-refractivity contribution in [2.75, 3.05) is 0 Å². The van der Waals surface area contributed by atoms with Gasteiger partial charge in [0.05, 0.1) is 10.6 Å². The number of imidazole rings is 1. The Morgan fingerprint density at radius 1 is 1.43 bits per heavy atom. The van der Waals surface area contributed by atoms with Crippen LogP contribution in [0.2, 0.25) is 0 Å². The Morgan fingerprint density at radius 3 is 3.09 bits per heavy atom. The highest BCUT2D eigenvalue weighted by molar-refractivity contribution is 9.10. The molecule has 3 heterocycles. The van der Waals surface area contributed by atoms with E-state index in [4.69, 9.17) is 4.42 Å². The van der Waals surface area contributed by atoms with Crippen LogP contribution in [-0.2, 0) is 5.75 Å². The molecular formula is C13H7BrN4O3S2. The van der Waals surface area contributed by atoms with Gasteiger partial charge in [0.2, 0.25) is 0 Å². The molecule has 4 aromatic rings. The number of hydrogen-bond acceptors (Lipinski definition) is 7. The van der Waals surface area contributed by atoms with Gasteiger partial charge in [0.25, 0.3) is 10.9 Å². The molecule has 0 bridgehead atoms. The molecule has 0 atom stereocenters. The second-order valence-corrected chi connectivity index (χ2v) is 7.13. The summed E-state index contributed by atoms with van der Waals surface area (Å²) in [6.45, 7) is 0. The minimum Gasteiger partial charge on any atom is -0.431 e. The molecule has 0 unspecified atom stereocenters. The lowest BCUT2D eigenvalue weighted by molar-refractivity contribution is -0.384. The number of halogens is 1. The summed E-state index contributed by atoms with van der Waals surface area (Å²) in [6, 6.07) is 4.38. The highest BCUT2D eigenvalue weighted by Gasteiger charge is 2.15. The van der Waals surface area contributed by atoms with E-state index in [-0.39, 0.29) is 5.69 Å². The van der Waals surface area contributed by atoms with E-state index in [9.17, 15) is 10.1 Å². The van der Waals surface area contributed by atoms with Gasteiger partial charge in [0.1, 0.15) is 10.1 Å². The Hall–Kier alpha value is -1.91. The lowest BCUT2D eigenvalue weighted by atomic mass is 10.3. The minimum atomic E-state index is -0.449. The normalized spacial score (nSPS) is 11.5. The van der Waals surface area contributed by atoms with Crippen LogP contribution < -0.4 is 0 Å². The first-order valence-electron chi connectivity index (χ1n) is 6.39. The van der Waals surface area contributed by atoms with Crippen LogP contribution in [0.3, 0.4) is 0 Å². The summed E-state index contributed by atoms with van der Waals surface area (Å²) in [5, 5.41) is 13.2. The molecule has 10 heteroatoms. The van der Waals surface area contributed by atoms with Crippen LogP contribution in [0.4, 0.5) is 5.69 Å². The van der Waals surface area contributed by atoms with Gasteiger partial charge in [-0.25, -0.2) is 9.97 Å². The van der Waals surface area contributed by atoms with Crippen molar-refractivity contribution in [2.24, 2.45) is 0 Å². The van der Waals surface area contributed by atoms with E-state index in [1.807, 2.05) is 16.0 Å². The summed E-state index contributed by atoms with van der Waals surface area (Å²) in [7, 11) is 0. The van der Waals surface area contributed by atoms with E-state index in [0.717, 1.165) is 15.3 Å². The highest BCUT2D eigenvalue weighted by atomic mass is 79.9. The Morgan fingerprint density at radius 2 is 2.30 bits per heavy atom. The van der Waals surface area contributed by atoms with E-state index in [0.29, 0.717) is 22.1 Å². The molecule has 3 aromatic heterocycles. The maximum Gasteiger partial charge on any atom is 0.271 e. The molecule has 0 saturated carbocycles. The Balaban J connectivity index is 1.58. The predicted octanol–water partition coefficient (Wildman–Crippen LogP) is 4.50. The topological polar surface area (TPSA) is 86.5 Å². The maximum absolute atomic E-state index is 10.8. The summed E-state index contributed by atoms with van der Waals surface area (Å²) >= 11 is 6.49. The third kappa shape index (κ3) is 2.62. The van der Waals surface area contributed by atoms with E-state index in [2.05, 4.69) is 25.9 Å². The molecule has 0 radical (unpaired) electrons. The average molecular weight is 411 g/mol. The fourth-order valence-corrected chi connectivity index (χ4v) is 4.42. The number of fused-ring (bicyclic) bond motifs is 2. The average Bonchev–Trinajstić information content (AvgIpc) is 3.20. The zero-order chi connectivity index (χ0) is 16.0. The number of nitro groups is 1. The van der Waals surface area contributed by atoms with Crippen LogP contribution in [-0.4, -0.2) is 19.3 Å². The van der Waals surface area contributed by atoms with Crippen molar-refractivity contribution in [3.8, 4) is 0 Å². The number of non-ortho nitro benzene ring substituents is 1. The van der Waals surface area contributed by atoms with Gasteiger partial charge in [0.15, 0.2) is 10.5 Å². The number of thiazole rings is 1. The zero-order valence-electron chi connectivity index (χ0n) is 11.3. The third-order valence-corrected chi connectivity index (χ3v) is 5.60. The fraction of sp³-hybridized carbons (Fsp3) is 0.0769. The van der Waals surface area contributed by atoms with Gasteiger partial charge >= 0.3 is 0 Å². The molecule has 0 amide bonds. The summed E-state index contributed by atoms with van der Waals surface area (Å²) in [5.41, 5.74) is 1.91. The van der Waals surface area contributed by atoms with E-state index in [1.54, 1.807) is 17.4 Å². The van der Waals surface area contributed by atoms with Crippen LogP contribution in [0.5, 0.6) is 0 Å². The molecule has 0 saturated heterocycles. The van der Waals surface area contributed by atoms with Crippen LogP contribution in [0, 0.1) is 10.1 Å². The van der Waals surface area contributed by atoms with Gasteiger partial charge in [-0.15, -0.1) is 11.3 Å². The number of benzene rings is 1. The molecule has 0 fully saturated rings. The minimum absolute atomic E-state index is 0.000525. The van der Waals surface area contributed by atoms with Crippen molar-refractivity contribution in [2.45, 2.75) is 11.0 Å². The molecule has 0 spiro atoms. The lowest BCUT2D eigenvalue weighted by Crippen LogP contribution is -1.86. The van der Waals surface area contributed by atoms with Gasteiger partial charge in [0, 0.05) is 29.5 Å². The van der Waals surface area contributed by atoms with Crippen LogP contribution in [0.15, 0.2) is 44.0 Å². The Kier molecular flexibility index (Phi) is 3.58. The van der Waals surface area contributed by atoms with Gasteiger partial charge in [-0.2, -0.15) is 0 Å². The first-order chi connectivity index (χ1) is 11.1. The largest absolute Gasteiger partial charge is 0.431 e. The summed E-state index contributed by atoms with van der Waals surface area (Å²) < 4.78 is 8.48. The summed E-state index contributed by atoms with van der Waals surface area (Å²) in [5.74, 6) is 0.587. The second-order valence-electron chi connectivity index (χ2n) is 4.58. The lowest BCUT2D eigenvalue weighted by Gasteiger charge is -1.94. The number of nitrogens with zero attached hydrogens (tertiary/aromatic N) is 4. The SMILES string of the molecule is O=[N+]([O-])c1ccc2oc(SCc3nc4sccn4c3Br)nc2c1. The second kappa shape index (κ2) is 5.62. The zero-order valence-corrected chi connectivity index (χ0v) is 14.5. The van der Waals surface area contributed by atoms with Crippen molar-refractivity contribution >= 4 is 60.8 Å². The van der Waals surface area contributed by atoms with Gasteiger partial charge in [-0.05, 0) is 22.0 Å². The first-order valence-corrected chi connectivity index (χ1v) is 9.05. The number of nitro benzene ring substituents is 1. The van der Waals surface area contributed by atoms with Crippen molar-refractivity contribution in [1.29, 1.82) is 0 Å². The van der Waals surface area contributed by atoms with Crippen molar-refractivity contribution in [1.82, 2.24) is 14.4 Å². The number of hydrogen-bond donors (Lipinski definition) is 0. The number of thioether (sulfide) groups is 1. The van der Waals surface area contributed by atoms with E-state index < -0.39 is 4.92 Å². The number of oxazole rings is 1. The van der Waals surface area contributed by atoms with Crippen molar-refractivity contribution in [3.63, 3.8) is 0 Å². The van der Waals surface area contributed by atoms with Crippen LogP contribution in [0.25, 0.3) is 16.1 Å². The Labute approximate surface area is 145 Å². The molecule has 0 N–H and O–H groups in total. The molecule has 0 aliphatic carbocycles. The molecule has 116 valence electrons. The Bertz CT molecular complexity index is 1040. The molecule has 1 aromatic carbocycles. The monoisotopic (exact) mass is 410 g/mol.